The van der Waals surface area contributed by atoms with E-state index in [2.05, 4.69) is 0 Å². The van der Waals surface area contributed by atoms with Crippen molar-refractivity contribution < 1.29 is 38.1 Å². The van der Waals surface area contributed by atoms with Gasteiger partial charge in [-0.1, -0.05) is 109 Å². The van der Waals surface area contributed by atoms with Gasteiger partial charge in [-0.2, -0.15) is 0 Å². The van der Waals surface area contributed by atoms with Crippen molar-refractivity contribution in [3.05, 3.63) is 144 Å². The Morgan fingerprint density at radius 3 is 1.10 bits per heavy atom. The van der Waals surface area contributed by atoms with Gasteiger partial charge in [0.05, 0.1) is 51.4 Å². The fourth-order valence-corrected chi connectivity index (χ4v) is 7.93. The number of carbonyl (C=O) groups excluding carboxylic acids is 4. The highest BCUT2D eigenvalue weighted by Crippen LogP contribution is 2.59. The van der Waals surface area contributed by atoms with Gasteiger partial charge in [0.1, 0.15) is 0 Å². The van der Waals surface area contributed by atoms with Gasteiger partial charge in [-0.05, 0) is 56.3 Å². The Balaban J connectivity index is 1.29. The van der Waals surface area contributed by atoms with Crippen LogP contribution in [0.5, 0.6) is 0 Å². The number of hydrogen-bond acceptors (Lipinski definition) is 8. The van der Waals surface area contributed by atoms with E-state index >= 15 is 0 Å². The SMILES string of the molecule is COC(=O)c1cccc2cccc(-c3ccc([C@@H]4[C@@H](C(=O)OC)[C@@H](C(=O)OC)[C@@H]4c4ccc(-c5cccc6cccc(C(=O)OC)c56)cc4)cc3)c12. The van der Waals surface area contributed by atoms with Crippen LogP contribution < -0.4 is 0 Å². The van der Waals surface area contributed by atoms with Crippen molar-refractivity contribution in [2.75, 3.05) is 28.4 Å². The van der Waals surface area contributed by atoms with Crippen LogP contribution in [0.15, 0.2) is 121 Å². The Morgan fingerprint density at radius 2 is 0.769 bits per heavy atom. The summed E-state index contributed by atoms with van der Waals surface area (Å²) in [5.74, 6) is -4.12. The molecule has 0 spiro atoms. The van der Waals surface area contributed by atoms with Crippen molar-refractivity contribution in [1.82, 2.24) is 0 Å². The van der Waals surface area contributed by atoms with Crippen LogP contribution in [0.25, 0.3) is 43.8 Å². The van der Waals surface area contributed by atoms with E-state index in [1.165, 1.54) is 28.4 Å². The maximum Gasteiger partial charge on any atom is 0.338 e. The third-order valence-electron chi connectivity index (χ3n) is 10.3. The van der Waals surface area contributed by atoms with Crippen LogP contribution in [0.3, 0.4) is 0 Å². The number of methoxy groups -OCH3 is 4. The average molecular weight is 693 g/mol. The summed E-state index contributed by atoms with van der Waals surface area (Å²) in [5, 5.41) is 3.39. The van der Waals surface area contributed by atoms with Crippen LogP contribution in [0, 0.1) is 11.8 Å². The van der Waals surface area contributed by atoms with E-state index in [1.54, 1.807) is 12.1 Å². The van der Waals surface area contributed by atoms with Crippen LogP contribution in [0.4, 0.5) is 0 Å². The van der Waals surface area contributed by atoms with Crippen LogP contribution in [0.2, 0.25) is 0 Å². The van der Waals surface area contributed by atoms with Crippen LogP contribution in [0.1, 0.15) is 43.7 Å². The zero-order chi connectivity index (χ0) is 36.5. The Kier molecular flexibility index (Phi) is 9.30. The molecule has 0 heterocycles. The lowest BCUT2D eigenvalue weighted by molar-refractivity contribution is -0.168. The highest BCUT2D eigenvalue weighted by molar-refractivity contribution is 6.11. The molecule has 8 nitrogen and oxygen atoms in total. The molecule has 8 heteroatoms. The molecule has 0 saturated heterocycles. The van der Waals surface area contributed by atoms with Gasteiger partial charge >= 0.3 is 23.9 Å². The zero-order valence-corrected chi connectivity index (χ0v) is 29.1. The first-order chi connectivity index (χ1) is 25.3. The predicted molar refractivity (Wildman–Crippen MR) is 198 cm³/mol. The number of benzene rings is 6. The Morgan fingerprint density at radius 1 is 0.423 bits per heavy atom. The van der Waals surface area contributed by atoms with E-state index < -0.39 is 47.5 Å². The van der Waals surface area contributed by atoms with Crippen LogP contribution in [-0.4, -0.2) is 52.3 Å². The maximum atomic E-state index is 13.3. The highest BCUT2D eigenvalue weighted by Gasteiger charge is 2.59. The topological polar surface area (TPSA) is 105 Å². The second kappa shape index (κ2) is 14.2. The minimum absolute atomic E-state index is 0.391. The monoisotopic (exact) mass is 692 g/mol. The van der Waals surface area contributed by atoms with Gasteiger partial charge in [-0.25, -0.2) is 9.59 Å². The molecule has 1 aliphatic rings. The third kappa shape index (κ3) is 5.76. The van der Waals surface area contributed by atoms with Crippen molar-refractivity contribution in [3.63, 3.8) is 0 Å². The fraction of sp³-hybridized carbons (Fsp3) is 0.182. The molecule has 0 N–H and O–H groups in total. The summed E-state index contributed by atoms with van der Waals surface area (Å²) < 4.78 is 20.6. The third-order valence-corrected chi connectivity index (χ3v) is 10.3. The van der Waals surface area contributed by atoms with Gasteiger partial charge in [0.25, 0.3) is 0 Å². The number of hydrogen-bond donors (Lipinski definition) is 0. The number of esters is 4. The second-order valence-corrected chi connectivity index (χ2v) is 12.8. The molecule has 52 heavy (non-hydrogen) atoms. The fourth-order valence-electron chi connectivity index (χ4n) is 7.93. The summed E-state index contributed by atoms with van der Waals surface area (Å²) in [6, 6.07) is 38.6. The molecule has 1 saturated carbocycles. The lowest BCUT2D eigenvalue weighted by Crippen LogP contribution is -2.52. The molecule has 1 fully saturated rings. The average Bonchev–Trinajstić information content (AvgIpc) is 3.19. The standard InChI is InChI=1S/C44H36O8/c1-49-41(45)33-15-7-11-27-9-5-13-31(35(27)33)25-17-21-29(22-18-25)37-38(40(44(48)52-4)39(37)43(47)51-3)30-23-19-26(20-24-30)32-14-6-10-28-12-8-16-34(36(28)32)42(46)50-2/h5-24,37-40H,1-4H3/t37-,38+,39+,40-. The minimum atomic E-state index is -0.767. The molecule has 6 aromatic carbocycles. The van der Waals surface area contributed by atoms with Crippen molar-refractivity contribution in [3.8, 4) is 22.3 Å². The largest absolute Gasteiger partial charge is 0.469 e. The van der Waals surface area contributed by atoms with Crippen molar-refractivity contribution >= 4 is 45.4 Å². The van der Waals surface area contributed by atoms with E-state index in [0.717, 1.165) is 54.9 Å². The molecule has 0 unspecified atom stereocenters. The molecular weight excluding hydrogens is 656 g/mol. The van der Waals surface area contributed by atoms with Crippen molar-refractivity contribution in [2.24, 2.45) is 11.8 Å². The number of carbonyl (C=O) groups is 4. The van der Waals surface area contributed by atoms with Gasteiger partial charge in [-0.3, -0.25) is 9.59 Å². The lowest BCUT2D eigenvalue weighted by Gasteiger charge is -2.49. The second-order valence-electron chi connectivity index (χ2n) is 12.8. The van der Waals surface area contributed by atoms with E-state index in [1.807, 2.05) is 109 Å². The van der Waals surface area contributed by atoms with Crippen molar-refractivity contribution in [1.29, 1.82) is 0 Å². The quantitative estimate of drug-likeness (QED) is 0.116. The number of rotatable bonds is 8. The van der Waals surface area contributed by atoms with Crippen LogP contribution >= 0.6 is 0 Å². The predicted octanol–water partition coefficient (Wildman–Crippen LogP) is 8.36. The molecule has 0 amide bonds. The Hall–Kier alpha value is -6.28. The normalized spacial score (nSPS) is 17.9. The molecule has 4 atom stereocenters. The highest BCUT2D eigenvalue weighted by atomic mass is 16.5. The lowest BCUT2D eigenvalue weighted by atomic mass is 9.52. The zero-order valence-electron chi connectivity index (χ0n) is 29.1. The minimum Gasteiger partial charge on any atom is -0.469 e. The molecule has 260 valence electrons. The maximum absolute atomic E-state index is 13.3. The van der Waals surface area contributed by atoms with Gasteiger partial charge in [-0.15, -0.1) is 0 Å². The molecule has 7 rings (SSSR count). The Bertz CT molecular complexity index is 2160. The smallest absolute Gasteiger partial charge is 0.338 e. The van der Waals surface area contributed by atoms with Gasteiger partial charge in [0, 0.05) is 22.6 Å². The summed E-state index contributed by atoms with van der Waals surface area (Å²) in [6.45, 7) is 0. The summed E-state index contributed by atoms with van der Waals surface area (Å²) in [7, 11) is 5.38. The van der Waals surface area contributed by atoms with Crippen molar-refractivity contribution in [2.45, 2.75) is 11.8 Å². The van der Waals surface area contributed by atoms with E-state index in [-0.39, 0.29) is 0 Å². The van der Waals surface area contributed by atoms with Crippen LogP contribution in [-0.2, 0) is 28.5 Å². The first-order valence-corrected chi connectivity index (χ1v) is 16.9. The Labute approximate surface area is 300 Å². The summed E-state index contributed by atoms with van der Waals surface area (Å²) >= 11 is 0. The summed E-state index contributed by atoms with van der Waals surface area (Å²) in [6.07, 6.45) is 0. The number of fused-ring (bicyclic) bond motifs is 2. The van der Waals surface area contributed by atoms with E-state index in [9.17, 15) is 19.2 Å². The molecule has 0 aliphatic heterocycles. The number of ether oxygens (including phenoxy) is 4. The molecule has 0 radical (unpaired) electrons. The van der Waals surface area contributed by atoms with E-state index in [0.29, 0.717) is 11.1 Å². The first kappa shape index (κ1) is 34.2. The first-order valence-electron chi connectivity index (χ1n) is 16.9. The molecule has 0 aromatic heterocycles. The molecular formula is C44H36O8. The summed E-state index contributed by atoms with van der Waals surface area (Å²) in [4.78, 5) is 52.0. The van der Waals surface area contributed by atoms with E-state index in [4.69, 9.17) is 18.9 Å². The molecule has 0 bridgehead atoms. The summed E-state index contributed by atoms with van der Waals surface area (Å²) in [5.41, 5.74) is 6.16. The van der Waals surface area contributed by atoms with Gasteiger partial charge in [0.15, 0.2) is 0 Å². The van der Waals surface area contributed by atoms with Gasteiger partial charge < -0.3 is 18.9 Å². The van der Waals surface area contributed by atoms with Gasteiger partial charge in [0.2, 0.25) is 0 Å². The molecule has 6 aromatic rings. The molecule has 1 aliphatic carbocycles.